The van der Waals surface area contributed by atoms with Gasteiger partial charge in [0.1, 0.15) is 0 Å². The SMILES string of the molecule is CNCC(=O)NC(C)C(C)(C)c1ccccc1. The Morgan fingerprint density at radius 2 is 1.88 bits per heavy atom. The van der Waals surface area contributed by atoms with Crippen molar-refractivity contribution in [2.45, 2.75) is 32.2 Å². The third kappa shape index (κ3) is 3.56. The highest BCUT2D eigenvalue weighted by Crippen LogP contribution is 2.26. The molecule has 0 bridgehead atoms. The third-order valence-corrected chi connectivity index (χ3v) is 3.32. The average molecular weight is 234 g/mol. The zero-order valence-electron chi connectivity index (χ0n) is 11.1. The Kier molecular flexibility index (Phi) is 4.70. The Labute approximate surface area is 104 Å². The van der Waals surface area contributed by atoms with Crippen molar-refractivity contribution in [3.05, 3.63) is 35.9 Å². The monoisotopic (exact) mass is 234 g/mol. The predicted molar refractivity (Wildman–Crippen MR) is 71.0 cm³/mol. The molecule has 0 saturated carbocycles. The zero-order valence-corrected chi connectivity index (χ0v) is 11.1. The number of carbonyl (C=O) groups excluding carboxylic acids is 1. The molecule has 2 N–H and O–H groups in total. The lowest BCUT2D eigenvalue weighted by molar-refractivity contribution is -0.121. The second-order valence-electron chi connectivity index (χ2n) is 4.91. The first kappa shape index (κ1) is 13.7. The van der Waals surface area contributed by atoms with Crippen LogP contribution in [0, 0.1) is 0 Å². The highest BCUT2D eigenvalue weighted by atomic mass is 16.1. The van der Waals surface area contributed by atoms with Crippen LogP contribution in [0.4, 0.5) is 0 Å². The van der Waals surface area contributed by atoms with Crippen molar-refractivity contribution in [1.82, 2.24) is 10.6 Å². The summed E-state index contributed by atoms with van der Waals surface area (Å²) in [6, 6.07) is 10.3. The molecule has 0 saturated heterocycles. The van der Waals surface area contributed by atoms with Gasteiger partial charge in [0, 0.05) is 11.5 Å². The minimum atomic E-state index is -0.0787. The fourth-order valence-corrected chi connectivity index (χ4v) is 1.75. The lowest BCUT2D eigenvalue weighted by Crippen LogP contribution is -2.47. The minimum Gasteiger partial charge on any atom is -0.352 e. The van der Waals surface area contributed by atoms with Gasteiger partial charge in [-0.25, -0.2) is 0 Å². The van der Waals surface area contributed by atoms with Crippen LogP contribution in [-0.2, 0) is 10.2 Å². The van der Waals surface area contributed by atoms with Crippen molar-refractivity contribution in [1.29, 1.82) is 0 Å². The summed E-state index contributed by atoms with van der Waals surface area (Å²) in [5.41, 5.74) is 1.15. The molecule has 94 valence electrons. The van der Waals surface area contributed by atoms with Crippen LogP contribution < -0.4 is 10.6 Å². The van der Waals surface area contributed by atoms with Gasteiger partial charge in [-0.15, -0.1) is 0 Å². The van der Waals surface area contributed by atoms with E-state index in [0.29, 0.717) is 6.54 Å². The van der Waals surface area contributed by atoms with E-state index < -0.39 is 0 Å². The summed E-state index contributed by atoms with van der Waals surface area (Å²) in [6.45, 7) is 6.69. The molecule has 0 heterocycles. The van der Waals surface area contributed by atoms with Crippen molar-refractivity contribution in [2.75, 3.05) is 13.6 Å². The van der Waals surface area contributed by atoms with Gasteiger partial charge in [0.25, 0.3) is 0 Å². The van der Waals surface area contributed by atoms with Crippen LogP contribution in [0.3, 0.4) is 0 Å². The summed E-state index contributed by atoms with van der Waals surface area (Å²) in [6.07, 6.45) is 0. The molecule has 1 aromatic rings. The first-order chi connectivity index (χ1) is 7.98. The van der Waals surface area contributed by atoms with Crippen molar-refractivity contribution in [2.24, 2.45) is 0 Å². The number of benzene rings is 1. The summed E-state index contributed by atoms with van der Waals surface area (Å²) < 4.78 is 0. The Hall–Kier alpha value is -1.35. The molecule has 1 atom stereocenters. The Balaban J connectivity index is 2.73. The summed E-state index contributed by atoms with van der Waals surface area (Å²) in [7, 11) is 1.77. The maximum Gasteiger partial charge on any atom is 0.234 e. The van der Waals surface area contributed by atoms with Gasteiger partial charge < -0.3 is 10.6 Å². The van der Waals surface area contributed by atoms with Crippen molar-refractivity contribution in [3.63, 3.8) is 0 Å². The number of rotatable bonds is 5. The van der Waals surface area contributed by atoms with Crippen molar-refractivity contribution >= 4 is 5.91 Å². The van der Waals surface area contributed by atoms with E-state index in [4.69, 9.17) is 0 Å². The standard InChI is InChI=1S/C14H22N2O/c1-11(16-13(17)10-15-4)14(2,3)12-8-6-5-7-9-12/h5-9,11,15H,10H2,1-4H3,(H,16,17). The molecule has 3 heteroatoms. The average Bonchev–Trinajstić information content (AvgIpc) is 2.30. The number of hydrogen-bond donors (Lipinski definition) is 2. The quantitative estimate of drug-likeness (QED) is 0.814. The molecular weight excluding hydrogens is 212 g/mol. The van der Waals surface area contributed by atoms with E-state index in [0.717, 1.165) is 0 Å². The summed E-state index contributed by atoms with van der Waals surface area (Å²) in [5.74, 6) is 0.0315. The highest BCUT2D eigenvalue weighted by Gasteiger charge is 2.28. The smallest absolute Gasteiger partial charge is 0.234 e. The van der Waals surface area contributed by atoms with Crippen LogP contribution in [0.1, 0.15) is 26.3 Å². The van der Waals surface area contributed by atoms with Gasteiger partial charge in [-0.2, -0.15) is 0 Å². The van der Waals surface area contributed by atoms with E-state index in [9.17, 15) is 4.79 Å². The van der Waals surface area contributed by atoms with E-state index in [1.54, 1.807) is 7.05 Å². The zero-order chi connectivity index (χ0) is 12.9. The first-order valence-electron chi connectivity index (χ1n) is 5.98. The molecule has 1 unspecified atom stereocenters. The van der Waals surface area contributed by atoms with Crippen LogP contribution in [0.5, 0.6) is 0 Å². The number of hydrogen-bond acceptors (Lipinski definition) is 2. The highest BCUT2D eigenvalue weighted by molar-refractivity contribution is 5.78. The van der Waals surface area contributed by atoms with Crippen LogP contribution in [-0.4, -0.2) is 25.5 Å². The fourth-order valence-electron chi connectivity index (χ4n) is 1.75. The van der Waals surface area contributed by atoms with Gasteiger partial charge >= 0.3 is 0 Å². The van der Waals surface area contributed by atoms with Gasteiger partial charge in [0.2, 0.25) is 5.91 Å². The molecule has 1 rings (SSSR count). The topological polar surface area (TPSA) is 41.1 Å². The Morgan fingerprint density at radius 1 is 1.29 bits per heavy atom. The van der Waals surface area contributed by atoms with Gasteiger partial charge in [-0.1, -0.05) is 44.2 Å². The lowest BCUT2D eigenvalue weighted by Gasteiger charge is -2.33. The largest absolute Gasteiger partial charge is 0.352 e. The van der Waals surface area contributed by atoms with E-state index in [1.807, 2.05) is 25.1 Å². The maximum absolute atomic E-state index is 11.6. The molecule has 0 radical (unpaired) electrons. The molecule has 0 fully saturated rings. The lowest BCUT2D eigenvalue weighted by atomic mass is 9.78. The van der Waals surface area contributed by atoms with Crippen LogP contribution in [0.25, 0.3) is 0 Å². The number of likely N-dealkylation sites (N-methyl/N-ethyl adjacent to an activating group) is 1. The molecule has 0 aliphatic rings. The van der Waals surface area contributed by atoms with Gasteiger partial charge in [0.15, 0.2) is 0 Å². The molecule has 0 aliphatic heterocycles. The van der Waals surface area contributed by atoms with E-state index in [1.165, 1.54) is 5.56 Å². The Bertz CT molecular complexity index is 360. The molecule has 1 aromatic carbocycles. The van der Waals surface area contributed by atoms with E-state index in [-0.39, 0.29) is 17.4 Å². The molecule has 0 aliphatic carbocycles. The van der Waals surface area contributed by atoms with Gasteiger partial charge in [-0.05, 0) is 19.5 Å². The minimum absolute atomic E-state index is 0.0315. The predicted octanol–water partition coefficient (Wildman–Crippen LogP) is 1.69. The Morgan fingerprint density at radius 3 is 2.41 bits per heavy atom. The molecule has 0 aromatic heterocycles. The summed E-state index contributed by atoms with van der Waals surface area (Å²) >= 11 is 0. The first-order valence-corrected chi connectivity index (χ1v) is 5.98. The number of amides is 1. The van der Waals surface area contributed by atoms with Crippen LogP contribution >= 0.6 is 0 Å². The molecule has 1 amide bonds. The number of carbonyl (C=O) groups is 1. The second kappa shape index (κ2) is 5.82. The van der Waals surface area contributed by atoms with E-state index >= 15 is 0 Å². The van der Waals surface area contributed by atoms with Crippen LogP contribution in [0.15, 0.2) is 30.3 Å². The molecule has 17 heavy (non-hydrogen) atoms. The molecule has 3 nitrogen and oxygen atoms in total. The number of nitrogens with one attached hydrogen (secondary N) is 2. The van der Waals surface area contributed by atoms with Crippen LogP contribution in [0.2, 0.25) is 0 Å². The summed E-state index contributed by atoms with van der Waals surface area (Å²) in [4.78, 5) is 11.6. The van der Waals surface area contributed by atoms with Gasteiger partial charge in [-0.3, -0.25) is 4.79 Å². The normalized spacial score (nSPS) is 13.2. The van der Waals surface area contributed by atoms with Crippen molar-refractivity contribution < 1.29 is 4.79 Å². The fraction of sp³-hybridized carbons (Fsp3) is 0.500. The summed E-state index contributed by atoms with van der Waals surface area (Å²) in [5, 5.41) is 5.87. The maximum atomic E-state index is 11.6. The van der Waals surface area contributed by atoms with E-state index in [2.05, 4.69) is 36.6 Å². The molecule has 0 spiro atoms. The van der Waals surface area contributed by atoms with Crippen molar-refractivity contribution in [3.8, 4) is 0 Å². The van der Waals surface area contributed by atoms with Gasteiger partial charge in [0.05, 0.1) is 6.54 Å². The molecular formula is C14H22N2O. The third-order valence-electron chi connectivity index (χ3n) is 3.32. The second-order valence-corrected chi connectivity index (χ2v) is 4.91.